The van der Waals surface area contributed by atoms with Crippen molar-refractivity contribution in [3.63, 3.8) is 0 Å². The van der Waals surface area contributed by atoms with Gasteiger partial charge in [-0.25, -0.2) is 4.68 Å². The highest BCUT2D eigenvalue weighted by atomic mass is 16.5. The normalized spacial score (nSPS) is 17.5. The van der Waals surface area contributed by atoms with Crippen molar-refractivity contribution in [3.8, 4) is 0 Å². The van der Waals surface area contributed by atoms with Crippen LogP contribution in [0.15, 0.2) is 17.1 Å². The first-order chi connectivity index (χ1) is 7.75. The molecular formula is C10H16N4O2. The molecule has 0 radical (unpaired) electrons. The van der Waals surface area contributed by atoms with Crippen molar-refractivity contribution in [3.05, 3.63) is 22.6 Å². The first kappa shape index (κ1) is 11.1. The van der Waals surface area contributed by atoms with E-state index >= 15 is 0 Å². The van der Waals surface area contributed by atoms with Gasteiger partial charge in [0.1, 0.15) is 0 Å². The Morgan fingerprint density at radius 3 is 2.81 bits per heavy atom. The van der Waals surface area contributed by atoms with E-state index in [-0.39, 0.29) is 5.56 Å². The fraction of sp³-hybridized carbons (Fsp3) is 0.600. The minimum absolute atomic E-state index is 0.145. The summed E-state index contributed by atoms with van der Waals surface area (Å²) in [5.41, 5.74) is 5.73. The smallest absolute Gasteiger partial charge is 0.268 e. The third-order valence-electron chi connectivity index (χ3n) is 2.62. The molecule has 0 atom stereocenters. The van der Waals surface area contributed by atoms with Crippen LogP contribution in [-0.2, 0) is 11.3 Å². The van der Waals surface area contributed by atoms with Crippen molar-refractivity contribution in [2.24, 2.45) is 0 Å². The summed E-state index contributed by atoms with van der Waals surface area (Å²) in [7, 11) is 0. The number of aromatic nitrogens is 2. The van der Waals surface area contributed by atoms with Crippen LogP contribution in [0.4, 0.5) is 5.69 Å². The van der Waals surface area contributed by atoms with Gasteiger partial charge in [-0.3, -0.25) is 9.69 Å². The van der Waals surface area contributed by atoms with Gasteiger partial charge in [-0.1, -0.05) is 0 Å². The molecule has 0 amide bonds. The number of hydrogen-bond acceptors (Lipinski definition) is 5. The van der Waals surface area contributed by atoms with E-state index in [9.17, 15) is 4.79 Å². The molecule has 0 bridgehead atoms. The van der Waals surface area contributed by atoms with Crippen molar-refractivity contribution >= 4 is 5.69 Å². The van der Waals surface area contributed by atoms with Crippen LogP contribution in [0.3, 0.4) is 0 Å². The maximum Gasteiger partial charge on any atom is 0.268 e. The average molecular weight is 224 g/mol. The highest BCUT2D eigenvalue weighted by molar-refractivity contribution is 5.31. The Kier molecular flexibility index (Phi) is 3.53. The lowest BCUT2D eigenvalue weighted by atomic mass is 10.4. The number of ether oxygens (including phenoxy) is 1. The van der Waals surface area contributed by atoms with Gasteiger partial charge in [-0.15, -0.1) is 0 Å². The van der Waals surface area contributed by atoms with Crippen molar-refractivity contribution in [1.82, 2.24) is 14.7 Å². The van der Waals surface area contributed by atoms with Gasteiger partial charge in [-0.05, 0) is 0 Å². The molecule has 2 heterocycles. The van der Waals surface area contributed by atoms with Crippen LogP contribution in [0.5, 0.6) is 0 Å². The summed E-state index contributed by atoms with van der Waals surface area (Å²) in [6.45, 7) is 4.79. The van der Waals surface area contributed by atoms with Gasteiger partial charge in [0.25, 0.3) is 5.56 Å². The molecule has 2 N–H and O–H groups in total. The largest absolute Gasteiger partial charge is 0.397 e. The van der Waals surface area contributed by atoms with Crippen molar-refractivity contribution in [2.45, 2.75) is 6.54 Å². The second kappa shape index (κ2) is 5.09. The second-order valence-corrected chi connectivity index (χ2v) is 3.80. The van der Waals surface area contributed by atoms with Crippen LogP contribution in [0.2, 0.25) is 0 Å². The molecule has 1 aromatic heterocycles. The van der Waals surface area contributed by atoms with Crippen LogP contribution < -0.4 is 11.3 Å². The molecule has 1 fully saturated rings. The maximum absolute atomic E-state index is 11.5. The third kappa shape index (κ3) is 2.80. The van der Waals surface area contributed by atoms with Crippen LogP contribution in [0.1, 0.15) is 0 Å². The quantitative estimate of drug-likeness (QED) is 0.724. The zero-order valence-corrected chi connectivity index (χ0v) is 9.13. The molecule has 0 saturated carbocycles. The van der Waals surface area contributed by atoms with E-state index in [1.54, 1.807) is 0 Å². The van der Waals surface area contributed by atoms with Gasteiger partial charge in [-0.2, -0.15) is 5.10 Å². The van der Waals surface area contributed by atoms with E-state index < -0.39 is 0 Å². The predicted molar refractivity (Wildman–Crippen MR) is 60.2 cm³/mol. The fourth-order valence-corrected chi connectivity index (χ4v) is 1.68. The summed E-state index contributed by atoms with van der Waals surface area (Å²) in [4.78, 5) is 13.7. The third-order valence-corrected chi connectivity index (χ3v) is 2.62. The Balaban J connectivity index is 1.91. The van der Waals surface area contributed by atoms with E-state index in [2.05, 4.69) is 10.00 Å². The summed E-state index contributed by atoms with van der Waals surface area (Å²) in [5.74, 6) is 0. The van der Waals surface area contributed by atoms with E-state index in [1.807, 2.05) is 0 Å². The van der Waals surface area contributed by atoms with Crippen LogP contribution in [0, 0.1) is 0 Å². The summed E-state index contributed by atoms with van der Waals surface area (Å²) in [5, 5.41) is 3.98. The number of anilines is 1. The molecule has 16 heavy (non-hydrogen) atoms. The molecular weight excluding hydrogens is 208 g/mol. The SMILES string of the molecule is Nc1cnn(CCN2CCOCC2)c(=O)c1. The van der Waals surface area contributed by atoms with Gasteiger partial charge in [0.2, 0.25) is 0 Å². The lowest BCUT2D eigenvalue weighted by Crippen LogP contribution is -2.39. The molecule has 0 aliphatic carbocycles. The topological polar surface area (TPSA) is 73.4 Å². The lowest BCUT2D eigenvalue weighted by Gasteiger charge is -2.26. The van der Waals surface area contributed by atoms with Crippen LogP contribution in [0.25, 0.3) is 0 Å². The molecule has 0 spiro atoms. The summed E-state index contributed by atoms with van der Waals surface area (Å²) in [6.07, 6.45) is 1.50. The van der Waals surface area contributed by atoms with Gasteiger partial charge in [0, 0.05) is 25.7 Å². The Morgan fingerprint density at radius 2 is 2.12 bits per heavy atom. The molecule has 0 aromatic carbocycles. The molecule has 2 rings (SSSR count). The van der Waals surface area contributed by atoms with Gasteiger partial charge in [0.15, 0.2) is 0 Å². The fourth-order valence-electron chi connectivity index (χ4n) is 1.68. The minimum Gasteiger partial charge on any atom is -0.397 e. The van der Waals surface area contributed by atoms with Gasteiger partial charge < -0.3 is 10.5 Å². The Bertz CT molecular complexity index is 398. The number of nitrogen functional groups attached to an aromatic ring is 1. The Hall–Kier alpha value is -1.40. The predicted octanol–water partition coefficient (Wildman–Crippen LogP) is -0.842. The van der Waals surface area contributed by atoms with Crippen LogP contribution in [-0.4, -0.2) is 47.5 Å². The molecule has 1 aliphatic heterocycles. The molecule has 0 unspecified atom stereocenters. The monoisotopic (exact) mass is 224 g/mol. The molecule has 88 valence electrons. The van der Waals surface area contributed by atoms with Crippen molar-refractivity contribution in [1.29, 1.82) is 0 Å². The summed E-state index contributed by atoms with van der Waals surface area (Å²) in [6, 6.07) is 1.40. The number of hydrogen-bond donors (Lipinski definition) is 1. The zero-order chi connectivity index (χ0) is 11.4. The van der Waals surface area contributed by atoms with E-state index in [1.165, 1.54) is 16.9 Å². The van der Waals surface area contributed by atoms with E-state index in [0.717, 1.165) is 32.8 Å². The zero-order valence-electron chi connectivity index (χ0n) is 9.13. The highest BCUT2D eigenvalue weighted by Gasteiger charge is 2.10. The number of nitrogens with zero attached hydrogens (tertiary/aromatic N) is 3. The van der Waals surface area contributed by atoms with Gasteiger partial charge >= 0.3 is 0 Å². The Morgan fingerprint density at radius 1 is 1.38 bits per heavy atom. The first-order valence-corrected chi connectivity index (χ1v) is 5.38. The average Bonchev–Trinajstić information content (AvgIpc) is 2.29. The number of rotatable bonds is 3. The van der Waals surface area contributed by atoms with Crippen molar-refractivity contribution in [2.75, 3.05) is 38.6 Å². The molecule has 6 heteroatoms. The number of nitrogens with two attached hydrogens (primary N) is 1. The van der Waals surface area contributed by atoms with E-state index in [0.29, 0.717) is 12.2 Å². The van der Waals surface area contributed by atoms with Gasteiger partial charge in [0.05, 0.1) is 31.6 Å². The maximum atomic E-state index is 11.5. The van der Waals surface area contributed by atoms with Crippen LogP contribution >= 0.6 is 0 Å². The lowest BCUT2D eigenvalue weighted by molar-refractivity contribution is 0.0358. The molecule has 1 aliphatic rings. The van der Waals surface area contributed by atoms with Crippen molar-refractivity contribution < 1.29 is 4.74 Å². The second-order valence-electron chi connectivity index (χ2n) is 3.80. The standard InChI is InChI=1S/C10H16N4O2/c11-9-7-10(15)14(12-8-9)2-1-13-3-5-16-6-4-13/h7-8H,1-6,11H2. The summed E-state index contributed by atoms with van der Waals surface area (Å²) >= 11 is 0. The first-order valence-electron chi connectivity index (χ1n) is 5.38. The van der Waals surface area contributed by atoms with E-state index in [4.69, 9.17) is 10.5 Å². The Labute approximate surface area is 93.6 Å². The highest BCUT2D eigenvalue weighted by Crippen LogP contribution is 1.97. The molecule has 1 saturated heterocycles. The minimum atomic E-state index is -0.145. The molecule has 6 nitrogen and oxygen atoms in total. The number of morpholine rings is 1. The molecule has 1 aromatic rings. The summed E-state index contributed by atoms with van der Waals surface area (Å²) < 4.78 is 6.69.